The first kappa shape index (κ1) is 12.9. The Hall–Kier alpha value is -0.120. The molecule has 1 N–H and O–H groups in total. The minimum Gasteiger partial charge on any atom is -0.392 e. The summed E-state index contributed by atoms with van der Waals surface area (Å²) in [5.41, 5.74) is 0. The summed E-state index contributed by atoms with van der Waals surface area (Å²) in [4.78, 5) is 2.30. The van der Waals surface area contributed by atoms with Gasteiger partial charge in [0.1, 0.15) is 0 Å². The van der Waals surface area contributed by atoms with Crippen molar-refractivity contribution in [1.82, 2.24) is 4.90 Å². The van der Waals surface area contributed by atoms with Crippen LogP contribution in [0.1, 0.15) is 39.0 Å². The molecule has 90 valence electrons. The Bertz CT molecular complexity index is 147. The van der Waals surface area contributed by atoms with Gasteiger partial charge in [-0.2, -0.15) is 0 Å². The summed E-state index contributed by atoms with van der Waals surface area (Å²) in [7, 11) is 0. The zero-order valence-electron chi connectivity index (χ0n) is 9.95. The number of aliphatic hydroxyl groups excluding tert-OH is 1. The third-order valence-electron chi connectivity index (χ3n) is 2.96. The minimum atomic E-state index is -0.139. The van der Waals surface area contributed by atoms with E-state index in [0.717, 1.165) is 39.3 Å². The molecule has 1 saturated heterocycles. The number of ether oxygens (including phenoxy) is 1. The van der Waals surface area contributed by atoms with Gasteiger partial charge in [-0.05, 0) is 6.42 Å². The number of β-amino-alcohol motifs (C(OH)–C–C–N with tert-alkyl or cyclic N) is 1. The van der Waals surface area contributed by atoms with Crippen molar-refractivity contribution < 1.29 is 9.84 Å². The summed E-state index contributed by atoms with van der Waals surface area (Å²) in [5, 5.41) is 9.82. The molecule has 0 aliphatic carbocycles. The van der Waals surface area contributed by atoms with Crippen LogP contribution in [0, 0.1) is 0 Å². The summed E-state index contributed by atoms with van der Waals surface area (Å²) < 4.78 is 5.27. The molecule has 1 aliphatic heterocycles. The first-order valence-electron chi connectivity index (χ1n) is 6.31. The molecule has 0 saturated carbocycles. The summed E-state index contributed by atoms with van der Waals surface area (Å²) in [5.74, 6) is 0. The van der Waals surface area contributed by atoms with Crippen LogP contribution in [0.15, 0.2) is 0 Å². The number of aliphatic hydroxyl groups is 1. The minimum absolute atomic E-state index is 0.139. The van der Waals surface area contributed by atoms with Crippen LogP contribution in [0.5, 0.6) is 0 Å². The molecule has 0 radical (unpaired) electrons. The van der Waals surface area contributed by atoms with E-state index in [-0.39, 0.29) is 6.10 Å². The van der Waals surface area contributed by atoms with Crippen molar-refractivity contribution in [3.63, 3.8) is 0 Å². The fourth-order valence-electron chi connectivity index (χ4n) is 1.98. The van der Waals surface area contributed by atoms with Crippen LogP contribution in [0.3, 0.4) is 0 Å². The number of unbranched alkanes of at least 4 members (excludes halogenated alkanes) is 3. The molecule has 1 aliphatic rings. The van der Waals surface area contributed by atoms with E-state index in [2.05, 4.69) is 11.8 Å². The number of morpholine rings is 1. The van der Waals surface area contributed by atoms with Crippen molar-refractivity contribution in [3.8, 4) is 0 Å². The van der Waals surface area contributed by atoms with Crippen LogP contribution >= 0.6 is 0 Å². The second kappa shape index (κ2) is 8.08. The highest BCUT2D eigenvalue weighted by atomic mass is 16.5. The Morgan fingerprint density at radius 3 is 2.60 bits per heavy atom. The Kier molecular flexibility index (Phi) is 6.98. The van der Waals surface area contributed by atoms with Gasteiger partial charge in [0.2, 0.25) is 0 Å². The number of hydrogen-bond donors (Lipinski definition) is 1. The van der Waals surface area contributed by atoms with Crippen LogP contribution in [0.25, 0.3) is 0 Å². The lowest BCUT2D eigenvalue weighted by atomic mass is 10.1. The van der Waals surface area contributed by atoms with Crippen molar-refractivity contribution >= 4 is 0 Å². The zero-order chi connectivity index (χ0) is 10.9. The van der Waals surface area contributed by atoms with E-state index in [0.29, 0.717) is 0 Å². The van der Waals surface area contributed by atoms with Gasteiger partial charge in [0.05, 0.1) is 19.3 Å². The Balaban J connectivity index is 1.98. The lowest BCUT2D eigenvalue weighted by Gasteiger charge is -2.28. The van der Waals surface area contributed by atoms with Crippen LogP contribution in [-0.2, 0) is 4.74 Å². The van der Waals surface area contributed by atoms with Crippen molar-refractivity contribution in [1.29, 1.82) is 0 Å². The maximum Gasteiger partial charge on any atom is 0.0667 e. The van der Waals surface area contributed by atoms with Gasteiger partial charge < -0.3 is 9.84 Å². The van der Waals surface area contributed by atoms with Gasteiger partial charge in [-0.15, -0.1) is 0 Å². The van der Waals surface area contributed by atoms with Gasteiger partial charge in [0.25, 0.3) is 0 Å². The fourth-order valence-corrected chi connectivity index (χ4v) is 1.98. The molecule has 1 fully saturated rings. The third kappa shape index (κ3) is 6.13. The molecule has 1 atom stereocenters. The highest BCUT2D eigenvalue weighted by Crippen LogP contribution is 2.07. The van der Waals surface area contributed by atoms with Gasteiger partial charge in [-0.25, -0.2) is 0 Å². The van der Waals surface area contributed by atoms with Gasteiger partial charge in [-0.3, -0.25) is 4.90 Å². The second-order valence-corrected chi connectivity index (χ2v) is 4.42. The van der Waals surface area contributed by atoms with Gasteiger partial charge in [0, 0.05) is 19.6 Å². The Labute approximate surface area is 93.4 Å². The topological polar surface area (TPSA) is 32.7 Å². The van der Waals surface area contributed by atoms with Crippen molar-refractivity contribution in [3.05, 3.63) is 0 Å². The molecule has 0 aromatic carbocycles. The average molecular weight is 215 g/mol. The molecule has 15 heavy (non-hydrogen) atoms. The molecular weight excluding hydrogens is 190 g/mol. The van der Waals surface area contributed by atoms with Crippen molar-refractivity contribution in [2.24, 2.45) is 0 Å². The first-order chi connectivity index (χ1) is 7.33. The molecule has 0 aromatic heterocycles. The molecule has 1 rings (SSSR count). The molecule has 0 spiro atoms. The van der Waals surface area contributed by atoms with E-state index in [1.807, 2.05) is 0 Å². The van der Waals surface area contributed by atoms with Crippen LogP contribution in [-0.4, -0.2) is 49.0 Å². The molecule has 3 nitrogen and oxygen atoms in total. The number of rotatable bonds is 7. The first-order valence-corrected chi connectivity index (χ1v) is 6.31. The molecule has 1 heterocycles. The lowest BCUT2D eigenvalue weighted by Crippen LogP contribution is -2.40. The largest absolute Gasteiger partial charge is 0.392 e. The van der Waals surface area contributed by atoms with Crippen LogP contribution in [0.2, 0.25) is 0 Å². The van der Waals surface area contributed by atoms with Gasteiger partial charge >= 0.3 is 0 Å². The van der Waals surface area contributed by atoms with E-state index < -0.39 is 0 Å². The number of nitrogens with zero attached hydrogens (tertiary/aromatic N) is 1. The summed E-state index contributed by atoms with van der Waals surface area (Å²) in [6.07, 6.45) is 5.80. The standard InChI is InChI=1S/C12H25NO2/c1-2-3-4-5-6-12(14)11-13-7-9-15-10-8-13/h12,14H,2-11H2,1H3/t12-/m0/s1. The predicted molar refractivity (Wildman–Crippen MR) is 62.0 cm³/mol. The van der Waals surface area contributed by atoms with Gasteiger partial charge in [-0.1, -0.05) is 32.6 Å². The Morgan fingerprint density at radius 1 is 1.20 bits per heavy atom. The monoisotopic (exact) mass is 215 g/mol. The molecule has 0 aromatic rings. The SMILES string of the molecule is CCCCCC[C@H](O)CN1CCOCC1. The van der Waals surface area contributed by atoms with E-state index in [1.165, 1.54) is 25.7 Å². The quantitative estimate of drug-likeness (QED) is 0.655. The fraction of sp³-hybridized carbons (Fsp3) is 1.00. The normalized spacial score (nSPS) is 20.4. The average Bonchev–Trinajstić information content (AvgIpc) is 2.26. The van der Waals surface area contributed by atoms with E-state index in [1.54, 1.807) is 0 Å². The highest BCUT2D eigenvalue weighted by molar-refractivity contribution is 4.67. The maximum absolute atomic E-state index is 9.82. The molecule has 3 heteroatoms. The van der Waals surface area contributed by atoms with E-state index in [4.69, 9.17) is 4.74 Å². The van der Waals surface area contributed by atoms with Gasteiger partial charge in [0.15, 0.2) is 0 Å². The molecular formula is C12H25NO2. The van der Waals surface area contributed by atoms with Crippen molar-refractivity contribution in [2.45, 2.75) is 45.1 Å². The highest BCUT2D eigenvalue weighted by Gasteiger charge is 2.14. The zero-order valence-corrected chi connectivity index (χ0v) is 9.95. The van der Waals surface area contributed by atoms with E-state index in [9.17, 15) is 5.11 Å². The third-order valence-corrected chi connectivity index (χ3v) is 2.96. The molecule has 0 amide bonds. The number of hydrogen-bond acceptors (Lipinski definition) is 3. The van der Waals surface area contributed by atoms with Crippen LogP contribution in [0.4, 0.5) is 0 Å². The van der Waals surface area contributed by atoms with Crippen molar-refractivity contribution in [2.75, 3.05) is 32.8 Å². The van der Waals surface area contributed by atoms with Crippen LogP contribution < -0.4 is 0 Å². The Morgan fingerprint density at radius 2 is 1.93 bits per heavy atom. The summed E-state index contributed by atoms with van der Waals surface area (Å²) in [6.45, 7) is 6.64. The summed E-state index contributed by atoms with van der Waals surface area (Å²) >= 11 is 0. The maximum atomic E-state index is 9.82. The van der Waals surface area contributed by atoms with E-state index >= 15 is 0 Å². The summed E-state index contributed by atoms with van der Waals surface area (Å²) in [6, 6.07) is 0. The smallest absolute Gasteiger partial charge is 0.0667 e. The predicted octanol–water partition coefficient (Wildman–Crippen LogP) is 1.65. The molecule has 0 unspecified atom stereocenters. The second-order valence-electron chi connectivity index (χ2n) is 4.42. The lowest BCUT2D eigenvalue weighted by molar-refractivity contribution is 0.0127. The molecule has 0 bridgehead atoms.